The number of hydrogen-bond acceptors (Lipinski definition) is 2. The molecule has 4 nitrogen and oxygen atoms in total. The molecule has 1 atom stereocenters. The van der Waals surface area contributed by atoms with Crippen LogP contribution in [0.2, 0.25) is 10.0 Å². The van der Waals surface area contributed by atoms with Crippen LogP contribution in [0.3, 0.4) is 0 Å². The first-order valence-electron chi connectivity index (χ1n) is 6.05. The van der Waals surface area contributed by atoms with Crippen LogP contribution in [-0.2, 0) is 0 Å². The van der Waals surface area contributed by atoms with Crippen molar-refractivity contribution >= 4 is 29.2 Å². The lowest BCUT2D eigenvalue weighted by Gasteiger charge is -2.16. The fourth-order valence-electron chi connectivity index (χ4n) is 1.52. The van der Waals surface area contributed by atoms with Crippen LogP contribution < -0.4 is 10.6 Å². The fraction of sp³-hybridized carbons (Fsp3) is 0.462. The summed E-state index contributed by atoms with van der Waals surface area (Å²) in [6, 6.07) is 5.62. The van der Waals surface area contributed by atoms with Crippen LogP contribution in [0.15, 0.2) is 18.2 Å². The van der Waals surface area contributed by atoms with Crippen LogP contribution in [0.1, 0.15) is 18.5 Å². The lowest BCUT2D eigenvalue weighted by Crippen LogP contribution is -2.38. The maximum absolute atomic E-state index is 11.3. The van der Waals surface area contributed by atoms with Crippen molar-refractivity contribution in [1.29, 1.82) is 0 Å². The van der Waals surface area contributed by atoms with Gasteiger partial charge in [0.15, 0.2) is 0 Å². The summed E-state index contributed by atoms with van der Waals surface area (Å²) in [5, 5.41) is 7.19. The molecule has 0 bridgehead atoms. The average Bonchev–Trinajstić information content (AvgIpc) is 2.37. The Morgan fingerprint density at radius 3 is 2.53 bits per heavy atom. The molecular formula is C13H19Cl2N3O. The minimum absolute atomic E-state index is 0.0935. The van der Waals surface area contributed by atoms with Crippen molar-refractivity contribution in [3.05, 3.63) is 33.8 Å². The smallest absolute Gasteiger partial charge is 0.316 e. The monoisotopic (exact) mass is 303 g/mol. The summed E-state index contributed by atoms with van der Waals surface area (Å²) in [6.07, 6.45) is 0. The molecule has 2 amide bonds. The van der Waals surface area contributed by atoms with Gasteiger partial charge in [0.1, 0.15) is 0 Å². The van der Waals surface area contributed by atoms with Crippen molar-refractivity contribution < 1.29 is 4.79 Å². The summed E-state index contributed by atoms with van der Waals surface area (Å²) < 4.78 is 0. The number of carbonyl (C=O) groups is 1. The zero-order valence-electron chi connectivity index (χ0n) is 11.3. The molecule has 1 rings (SSSR count). The van der Waals surface area contributed by atoms with Gasteiger partial charge in [-0.05, 0) is 24.6 Å². The van der Waals surface area contributed by atoms with E-state index in [1.165, 1.54) is 4.90 Å². The van der Waals surface area contributed by atoms with E-state index in [0.29, 0.717) is 23.1 Å². The van der Waals surface area contributed by atoms with Gasteiger partial charge in [0, 0.05) is 33.2 Å². The lowest BCUT2D eigenvalue weighted by molar-refractivity contribution is 0.217. The first-order chi connectivity index (χ1) is 8.91. The quantitative estimate of drug-likeness (QED) is 0.822. The molecule has 0 aliphatic carbocycles. The average molecular weight is 304 g/mol. The molecule has 0 aliphatic rings. The van der Waals surface area contributed by atoms with E-state index in [2.05, 4.69) is 10.6 Å². The molecule has 0 saturated carbocycles. The molecule has 0 spiro atoms. The van der Waals surface area contributed by atoms with Gasteiger partial charge in [0.25, 0.3) is 0 Å². The first kappa shape index (κ1) is 16.1. The topological polar surface area (TPSA) is 44.4 Å². The number of nitrogens with zero attached hydrogens (tertiary/aromatic N) is 1. The van der Waals surface area contributed by atoms with Crippen molar-refractivity contribution in [3.63, 3.8) is 0 Å². The molecule has 1 aromatic carbocycles. The van der Waals surface area contributed by atoms with Crippen LogP contribution in [0.5, 0.6) is 0 Å². The molecule has 6 heteroatoms. The highest BCUT2D eigenvalue weighted by molar-refractivity contribution is 6.42. The Balaban J connectivity index is 2.37. The second kappa shape index (κ2) is 7.58. The van der Waals surface area contributed by atoms with Crippen molar-refractivity contribution in [3.8, 4) is 0 Å². The molecule has 106 valence electrons. The number of carbonyl (C=O) groups excluding carboxylic acids is 1. The third-order valence-electron chi connectivity index (χ3n) is 2.70. The summed E-state index contributed by atoms with van der Waals surface area (Å²) >= 11 is 11.8. The summed E-state index contributed by atoms with van der Waals surface area (Å²) in [6.45, 7) is 3.29. The Bertz CT molecular complexity index is 438. The Labute approximate surface area is 124 Å². The van der Waals surface area contributed by atoms with E-state index in [4.69, 9.17) is 23.2 Å². The number of urea groups is 1. The van der Waals surface area contributed by atoms with Gasteiger partial charge in [-0.2, -0.15) is 0 Å². The molecule has 0 aromatic heterocycles. The maximum atomic E-state index is 11.3. The van der Waals surface area contributed by atoms with Gasteiger partial charge in [0.2, 0.25) is 0 Å². The minimum atomic E-state index is -0.0935. The van der Waals surface area contributed by atoms with Crippen LogP contribution >= 0.6 is 23.2 Å². The zero-order chi connectivity index (χ0) is 14.4. The summed E-state index contributed by atoms with van der Waals surface area (Å²) in [7, 11) is 3.42. The normalized spacial score (nSPS) is 12.1. The molecule has 19 heavy (non-hydrogen) atoms. The highest BCUT2D eigenvalue weighted by atomic mass is 35.5. The third kappa shape index (κ3) is 5.27. The van der Waals surface area contributed by atoms with Gasteiger partial charge < -0.3 is 15.5 Å². The van der Waals surface area contributed by atoms with E-state index in [1.807, 2.05) is 19.1 Å². The standard InChI is InChI=1S/C13H19Cl2N3O/c1-9(10-4-5-11(14)12(15)8-10)16-6-7-17-13(19)18(2)3/h4-5,8-9,16H,6-7H2,1-3H3,(H,17,19). The lowest BCUT2D eigenvalue weighted by atomic mass is 10.1. The molecule has 1 aromatic rings. The number of benzene rings is 1. The Morgan fingerprint density at radius 1 is 1.26 bits per heavy atom. The van der Waals surface area contributed by atoms with Gasteiger partial charge in [-0.3, -0.25) is 0 Å². The molecular weight excluding hydrogens is 285 g/mol. The highest BCUT2D eigenvalue weighted by Gasteiger charge is 2.07. The number of hydrogen-bond donors (Lipinski definition) is 2. The van der Waals surface area contributed by atoms with E-state index in [1.54, 1.807) is 20.2 Å². The second-order valence-corrected chi connectivity index (χ2v) is 5.29. The van der Waals surface area contributed by atoms with E-state index in [9.17, 15) is 4.79 Å². The number of halogens is 2. The van der Waals surface area contributed by atoms with Crippen LogP contribution in [0.25, 0.3) is 0 Å². The molecule has 1 unspecified atom stereocenters. The van der Waals surface area contributed by atoms with Gasteiger partial charge in [-0.25, -0.2) is 4.79 Å². The van der Waals surface area contributed by atoms with E-state index in [0.717, 1.165) is 5.56 Å². The number of amides is 2. The third-order valence-corrected chi connectivity index (χ3v) is 3.44. The van der Waals surface area contributed by atoms with Gasteiger partial charge >= 0.3 is 6.03 Å². The van der Waals surface area contributed by atoms with Crippen molar-refractivity contribution in [2.45, 2.75) is 13.0 Å². The SMILES string of the molecule is CC(NCCNC(=O)N(C)C)c1ccc(Cl)c(Cl)c1. The molecule has 0 heterocycles. The molecule has 2 N–H and O–H groups in total. The van der Waals surface area contributed by atoms with E-state index in [-0.39, 0.29) is 12.1 Å². The van der Waals surface area contributed by atoms with Crippen LogP contribution in [-0.4, -0.2) is 38.1 Å². The maximum Gasteiger partial charge on any atom is 0.316 e. The molecule has 0 aliphatic heterocycles. The fourth-order valence-corrected chi connectivity index (χ4v) is 1.82. The summed E-state index contributed by atoms with van der Waals surface area (Å²) in [5.41, 5.74) is 1.06. The van der Waals surface area contributed by atoms with E-state index < -0.39 is 0 Å². The molecule has 0 fully saturated rings. The number of rotatable bonds is 5. The van der Waals surface area contributed by atoms with Gasteiger partial charge in [-0.1, -0.05) is 29.3 Å². The molecule has 0 saturated heterocycles. The van der Waals surface area contributed by atoms with Crippen molar-refractivity contribution in [1.82, 2.24) is 15.5 Å². The van der Waals surface area contributed by atoms with Crippen LogP contribution in [0.4, 0.5) is 4.79 Å². The predicted octanol–water partition coefficient (Wildman–Crippen LogP) is 2.92. The second-order valence-electron chi connectivity index (χ2n) is 4.48. The van der Waals surface area contributed by atoms with Gasteiger partial charge in [-0.15, -0.1) is 0 Å². The largest absolute Gasteiger partial charge is 0.337 e. The van der Waals surface area contributed by atoms with Crippen LogP contribution in [0, 0.1) is 0 Å². The first-order valence-corrected chi connectivity index (χ1v) is 6.81. The Hall–Kier alpha value is -0.970. The minimum Gasteiger partial charge on any atom is -0.337 e. The zero-order valence-corrected chi connectivity index (χ0v) is 12.8. The Morgan fingerprint density at radius 2 is 1.95 bits per heavy atom. The molecule has 0 radical (unpaired) electrons. The number of nitrogens with one attached hydrogen (secondary N) is 2. The summed E-state index contributed by atoms with van der Waals surface area (Å²) in [4.78, 5) is 12.8. The predicted molar refractivity (Wildman–Crippen MR) is 80.0 cm³/mol. The van der Waals surface area contributed by atoms with E-state index >= 15 is 0 Å². The van der Waals surface area contributed by atoms with Crippen molar-refractivity contribution in [2.75, 3.05) is 27.2 Å². The highest BCUT2D eigenvalue weighted by Crippen LogP contribution is 2.25. The van der Waals surface area contributed by atoms with Crippen molar-refractivity contribution in [2.24, 2.45) is 0 Å². The van der Waals surface area contributed by atoms with Gasteiger partial charge in [0.05, 0.1) is 10.0 Å². The summed E-state index contributed by atoms with van der Waals surface area (Å²) in [5.74, 6) is 0. The Kier molecular flexibility index (Phi) is 6.42.